The normalized spacial score (nSPS) is 14.9. The number of hydrogen-bond acceptors (Lipinski definition) is 6. The van der Waals surface area contributed by atoms with Crippen molar-refractivity contribution < 1.29 is 13.2 Å². The molecule has 0 aliphatic carbocycles. The van der Waals surface area contributed by atoms with Gasteiger partial charge in [-0.25, -0.2) is 8.42 Å². The third-order valence-corrected chi connectivity index (χ3v) is 7.16. The third kappa shape index (κ3) is 4.96. The zero-order valence-corrected chi connectivity index (χ0v) is 19.0. The van der Waals surface area contributed by atoms with Crippen molar-refractivity contribution in [3.8, 4) is 11.3 Å². The number of rotatable bonds is 6. The maximum absolute atomic E-state index is 12.6. The van der Waals surface area contributed by atoms with Gasteiger partial charge in [0.25, 0.3) is 10.0 Å². The quantitative estimate of drug-likeness (QED) is 0.560. The second-order valence-electron chi connectivity index (χ2n) is 8.21. The van der Waals surface area contributed by atoms with Crippen LogP contribution in [0.2, 0.25) is 0 Å². The number of hydrogen-bond donors (Lipinski definition) is 1. The Kier molecular flexibility index (Phi) is 6.23. The van der Waals surface area contributed by atoms with Gasteiger partial charge in [0.15, 0.2) is 11.6 Å². The number of carbonyl (C=O) groups excluding carboxylic acids is 1. The molecule has 0 radical (unpaired) electrons. The second-order valence-corrected chi connectivity index (χ2v) is 9.89. The van der Waals surface area contributed by atoms with Crippen molar-refractivity contribution in [2.45, 2.75) is 31.6 Å². The first-order chi connectivity index (χ1) is 15.3. The average Bonchev–Trinajstić information content (AvgIpc) is 2.80. The van der Waals surface area contributed by atoms with Gasteiger partial charge in [0.05, 0.1) is 10.6 Å². The number of anilines is 2. The lowest BCUT2D eigenvalue weighted by atomic mass is 9.99. The number of Topliss-reactive ketones (excluding diaryl/α,β-unsaturated/α-hetero) is 1. The molecule has 0 bridgehead atoms. The van der Waals surface area contributed by atoms with E-state index in [2.05, 4.69) is 26.7 Å². The fourth-order valence-corrected chi connectivity index (χ4v) is 4.74. The Bertz CT molecular complexity index is 1180. The smallest absolute Gasteiger partial charge is 0.261 e. The van der Waals surface area contributed by atoms with Crippen molar-refractivity contribution in [3.05, 3.63) is 66.2 Å². The lowest BCUT2D eigenvalue weighted by Gasteiger charge is -2.30. The van der Waals surface area contributed by atoms with Gasteiger partial charge in [-0.3, -0.25) is 9.52 Å². The zero-order valence-electron chi connectivity index (χ0n) is 18.2. The lowest BCUT2D eigenvalue weighted by Crippen LogP contribution is -2.33. The molecule has 1 aliphatic rings. The van der Waals surface area contributed by atoms with Crippen molar-refractivity contribution in [1.29, 1.82) is 0 Å². The first-order valence-corrected chi connectivity index (χ1v) is 12.1. The number of sulfonamides is 1. The summed E-state index contributed by atoms with van der Waals surface area (Å²) in [5, 5.41) is 8.74. The highest BCUT2D eigenvalue weighted by molar-refractivity contribution is 7.92. The summed E-state index contributed by atoms with van der Waals surface area (Å²) < 4.78 is 27.8. The molecular weight excluding hydrogens is 424 g/mol. The van der Waals surface area contributed by atoms with E-state index in [1.54, 1.807) is 12.1 Å². The summed E-state index contributed by atoms with van der Waals surface area (Å²) in [6.07, 6.45) is 2.34. The van der Waals surface area contributed by atoms with E-state index in [1.807, 2.05) is 24.3 Å². The topological polar surface area (TPSA) is 92.3 Å². The van der Waals surface area contributed by atoms with Crippen LogP contribution >= 0.6 is 0 Å². The maximum atomic E-state index is 12.6. The fraction of sp³-hybridized carbons (Fsp3) is 0.292. The van der Waals surface area contributed by atoms with E-state index in [1.165, 1.54) is 44.0 Å². The van der Waals surface area contributed by atoms with Crippen LogP contribution in [0.25, 0.3) is 11.3 Å². The Balaban J connectivity index is 1.44. The highest BCUT2D eigenvalue weighted by Crippen LogP contribution is 2.24. The summed E-state index contributed by atoms with van der Waals surface area (Å²) in [5.41, 5.74) is 2.49. The highest BCUT2D eigenvalue weighted by Gasteiger charge is 2.18. The zero-order chi connectivity index (χ0) is 22.7. The van der Waals surface area contributed by atoms with Gasteiger partial charge in [-0.2, -0.15) is 0 Å². The minimum atomic E-state index is -3.75. The number of aromatic nitrogens is 2. The first kappa shape index (κ1) is 22.0. The molecule has 3 aromatic rings. The Morgan fingerprint density at radius 2 is 1.59 bits per heavy atom. The summed E-state index contributed by atoms with van der Waals surface area (Å²) in [6, 6.07) is 16.8. The van der Waals surface area contributed by atoms with Crippen LogP contribution in [0.5, 0.6) is 0 Å². The molecule has 1 saturated heterocycles. The molecule has 2 heterocycles. The van der Waals surface area contributed by atoms with E-state index >= 15 is 0 Å². The van der Waals surface area contributed by atoms with Crippen molar-refractivity contribution in [2.24, 2.45) is 5.92 Å². The van der Waals surface area contributed by atoms with Gasteiger partial charge in [-0.05, 0) is 62.1 Å². The molecule has 0 atom stereocenters. The molecule has 0 saturated carbocycles. The molecule has 4 rings (SSSR count). The summed E-state index contributed by atoms with van der Waals surface area (Å²) >= 11 is 0. The molecule has 7 nitrogen and oxygen atoms in total. The van der Waals surface area contributed by atoms with Crippen LogP contribution in [0.1, 0.15) is 37.0 Å². The van der Waals surface area contributed by atoms with E-state index in [4.69, 9.17) is 0 Å². The molecule has 0 unspecified atom stereocenters. The van der Waals surface area contributed by atoms with Crippen LogP contribution in [-0.2, 0) is 10.0 Å². The fourth-order valence-electron chi connectivity index (χ4n) is 3.68. The highest BCUT2D eigenvalue weighted by atomic mass is 32.2. The summed E-state index contributed by atoms with van der Waals surface area (Å²) in [7, 11) is -3.75. The first-order valence-electron chi connectivity index (χ1n) is 10.6. The molecule has 0 spiro atoms. The Hall–Kier alpha value is -3.26. The van der Waals surface area contributed by atoms with Crippen LogP contribution in [0, 0.1) is 5.92 Å². The molecule has 1 aromatic heterocycles. The van der Waals surface area contributed by atoms with Crippen molar-refractivity contribution in [1.82, 2.24) is 10.2 Å². The molecule has 2 aromatic carbocycles. The van der Waals surface area contributed by atoms with E-state index in [9.17, 15) is 13.2 Å². The van der Waals surface area contributed by atoms with Gasteiger partial charge in [0.2, 0.25) is 0 Å². The SMILES string of the molecule is CC(=O)c1ccc(S(=O)(=O)Nc2ccc(-c3ccc(N4CCC(C)CC4)nn3)cc2)cc1. The number of nitrogens with one attached hydrogen (secondary N) is 1. The molecule has 1 N–H and O–H groups in total. The third-order valence-electron chi connectivity index (χ3n) is 5.76. The van der Waals surface area contributed by atoms with Crippen molar-refractivity contribution >= 4 is 27.3 Å². The Morgan fingerprint density at radius 1 is 0.938 bits per heavy atom. The molecule has 1 aliphatic heterocycles. The Morgan fingerprint density at radius 3 is 2.16 bits per heavy atom. The number of benzene rings is 2. The molecule has 1 fully saturated rings. The average molecular weight is 451 g/mol. The molecule has 32 heavy (non-hydrogen) atoms. The second kappa shape index (κ2) is 9.08. The Labute approximate surface area is 188 Å². The lowest BCUT2D eigenvalue weighted by molar-refractivity contribution is 0.101. The predicted molar refractivity (Wildman–Crippen MR) is 125 cm³/mol. The van der Waals surface area contributed by atoms with Gasteiger partial charge in [0, 0.05) is 29.9 Å². The number of ketones is 1. The van der Waals surface area contributed by atoms with E-state index in [0.29, 0.717) is 11.3 Å². The minimum Gasteiger partial charge on any atom is -0.355 e. The van der Waals surface area contributed by atoms with Crippen LogP contribution < -0.4 is 9.62 Å². The van der Waals surface area contributed by atoms with Gasteiger partial charge < -0.3 is 4.90 Å². The molecule has 8 heteroatoms. The van der Waals surface area contributed by atoms with Gasteiger partial charge in [0.1, 0.15) is 0 Å². The van der Waals surface area contributed by atoms with Crippen LogP contribution in [0.3, 0.4) is 0 Å². The summed E-state index contributed by atoms with van der Waals surface area (Å²) in [6.45, 7) is 5.72. The van der Waals surface area contributed by atoms with Crippen molar-refractivity contribution in [2.75, 3.05) is 22.7 Å². The van der Waals surface area contributed by atoms with Crippen LogP contribution in [0.4, 0.5) is 11.5 Å². The maximum Gasteiger partial charge on any atom is 0.261 e. The molecule has 0 amide bonds. The molecule has 166 valence electrons. The van der Waals surface area contributed by atoms with Crippen LogP contribution in [0.15, 0.2) is 65.6 Å². The van der Waals surface area contributed by atoms with Crippen molar-refractivity contribution in [3.63, 3.8) is 0 Å². The van der Waals surface area contributed by atoms with Gasteiger partial charge in [-0.15, -0.1) is 10.2 Å². The standard InChI is InChI=1S/C24H26N4O3S/c1-17-13-15-28(16-14-17)24-12-11-23(25-26-24)20-3-7-21(8-4-20)27-32(30,31)22-9-5-19(6-10-22)18(2)29/h3-12,17,27H,13-16H2,1-2H3. The number of nitrogens with zero attached hydrogens (tertiary/aromatic N) is 3. The number of carbonyl (C=O) groups is 1. The molecular formula is C24H26N4O3S. The minimum absolute atomic E-state index is 0.0974. The largest absolute Gasteiger partial charge is 0.355 e. The van der Waals surface area contributed by atoms with Gasteiger partial charge in [-0.1, -0.05) is 31.2 Å². The van der Waals surface area contributed by atoms with Crippen LogP contribution in [-0.4, -0.2) is 37.5 Å². The monoisotopic (exact) mass is 450 g/mol. The van der Waals surface area contributed by atoms with E-state index in [-0.39, 0.29) is 10.7 Å². The van der Waals surface area contributed by atoms with Gasteiger partial charge >= 0.3 is 0 Å². The summed E-state index contributed by atoms with van der Waals surface area (Å²) in [5.74, 6) is 1.54. The van der Waals surface area contributed by atoms with E-state index < -0.39 is 10.0 Å². The summed E-state index contributed by atoms with van der Waals surface area (Å²) in [4.78, 5) is 13.7. The predicted octanol–water partition coefficient (Wildman–Crippen LogP) is 4.38. The number of piperidine rings is 1. The van der Waals surface area contributed by atoms with E-state index in [0.717, 1.165) is 36.1 Å².